The SMILES string of the molecule is CC(C)(C)OC(=O)N1C[C@@H]2[C@H](C1)[C@@H]1CC[C@H]2N1.Cl. The van der Waals surface area contributed by atoms with Crippen molar-refractivity contribution in [2.75, 3.05) is 13.1 Å². The number of fused-ring (bicyclic) bond motifs is 5. The van der Waals surface area contributed by atoms with E-state index in [-0.39, 0.29) is 24.1 Å². The summed E-state index contributed by atoms with van der Waals surface area (Å²) in [6.45, 7) is 7.54. The van der Waals surface area contributed by atoms with E-state index in [1.54, 1.807) is 0 Å². The molecule has 2 bridgehead atoms. The van der Waals surface area contributed by atoms with E-state index in [0.29, 0.717) is 23.9 Å². The van der Waals surface area contributed by atoms with E-state index >= 15 is 0 Å². The van der Waals surface area contributed by atoms with Gasteiger partial charge in [0.05, 0.1) is 0 Å². The van der Waals surface area contributed by atoms with Crippen molar-refractivity contribution in [2.24, 2.45) is 11.8 Å². The summed E-state index contributed by atoms with van der Waals surface area (Å²) in [5, 5.41) is 3.66. The fourth-order valence-corrected chi connectivity index (χ4v) is 3.66. The summed E-state index contributed by atoms with van der Waals surface area (Å²) in [5.74, 6) is 1.34. The third kappa shape index (κ3) is 2.32. The minimum atomic E-state index is -0.383. The Bertz CT molecular complexity index is 324. The molecule has 0 saturated carbocycles. The lowest BCUT2D eigenvalue weighted by Gasteiger charge is -2.25. The van der Waals surface area contributed by atoms with E-state index in [1.165, 1.54) is 12.8 Å². The number of ether oxygens (including phenoxy) is 1. The van der Waals surface area contributed by atoms with Crippen LogP contribution in [0.1, 0.15) is 33.6 Å². The van der Waals surface area contributed by atoms with Crippen LogP contribution in [0.15, 0.2) is 0 Å². The van der Waals surface area contributed by atoms with Crippen LogP contribution >= 0.6 is 12.4 Å². The number of halogens is 1. The topological polar surface area (TPSA) is 41.6 Å². The average Bonchev–Trinajstić information content (AvgIpc) is 2.87. The molecule has 0 spiro atoms. The maximum atomic E-state index is 12.0. The zero-order chi connectivity index (χ0) is 12.2. The zero-order valence-electron chi connectivity index (χ0n) is 11.3. The monoisotopic (exact) mass is 274 g/mol. The Morgan fingerprint density at radius 2 is 1.67 bits per heavy atom. The highest BCUT2D eigenvalue weighted by molar-refractivity contribution is 5.85. The largest absolute Gasteiger partial charge is 0.444 e. The average molecular weight is 275 g/mol. The summed E-state index contributed by atoms with van der Waals surface area (Å²) in [5.41, 5.74) is -0.383. The van der Waals surface area contributed by atoms with E-state index in [4.69, 9.17) is 4.74 Å². The number of carbonyl (C=O) groups is 1. The molecule has 3 aliphatic heterocycles. The highest BCUT2D eigenvalue weighted by Gasteiger charge is 2.52. The van der Waals surface area contributed by atoms with Gasteiger partial charge in [0.15, 0.2) is 0 Å². The number of hydrogen-bond donors (Lipinski definition) is 1. The molecule has 18 heavy (non-hydrogen) atoms. The van der Waals surface area contributed by atoms with Crippen molar-refractivity contribution in [1.29, 1.82) is 0 Å². The Kier molecular flexibility index (Phi) is 3.54. The van der Waals surface area contributed by atoms with E-state index in [1.807, 2.05) is 25.7 Å². The molecular weight excluding hydrogens is 252 g/mol. The number of likely N-dealkylation sites (tertiary alicyclic amines) is 1. The van der Waals surface area contributed by atoms with Crippen LogP contribution < -0.4 is 5.32 Å². The number of hydrogen-bond acceptors (Lipinski definition) is 3. The molecule has 104 valence electrons. The first kappa shape index (κ1) is 13.9. The first-order valence-electron chi connectivity index (χ1n) is 6.68. The number of amides is 1. The molecule has 3 heterocycles. The smallest absolute Gasteiger partial charge is 0.410 e. The van der Waals surface area contributed by atoms with Gasteiger partial charge in [0.25, 0.3) is 0 Å². The normalized spacial score (nSPS) is 37.4. The summed E-state index contributed by atoms with van der Waals surface area (Å²) in [6.07, 6.45) is 2.44. The van der Waals surface area contributed by atoms with Crippen molar-refractivity contribution in [3.8, 4) is 0 Å². The lowest BCUT2D eigenvalue weighted by Crippen LogP contribution is -2.38. The van der Waals surface area contributed by atoms with Crippen molar-refractivity contribution in [3.63, 3.8) is 0 Å². The summed E-state index contributed by atoms with van der Waals surface area (Å²) in [7, 11) is 0. The fourth-order valence-electron chi connectivity index (χ4n) is 3.66. The van der Waals surface area contributed by atoms with Crippen LogP contribution in [0.5, 0.6) is 0 Å². The maximum absolute atomic E-state index is 12.0. The highest BCUT2D eigenvalue weighted by Crippen LogP contribution is 2.43. The van der Waals surface area contributed by atoms with Crippen molar-refractivity contribution in [1.82, 2.24) is 10.2 Å². The van der Waals surface area contributed by atoms with Gasteiger partial charge in [0.1, 0.15) is 5.60 Å². The number of nitrogens with one attached hydrogen (secondary N) is 1. The molecule has 0 aliphatic carbocycles. The van der Waals surface area contributed by atoms with Gasteiger partial charge in [-0.05, 0) is 45.4 Å². The third-order valence-corrected chi connectivity index (χ3v) is 4.31. The molecule has 4 nitrogen and oxygen atoms in total. The van der Waals surface area contributed by atoms with E-state index in [0.717, 1.165) is 13.1 Å². The quantitative estimate of drug-likeness (QED) is 0.735. The Labute approximate surface area is 115 Å². The lowest BCUT2D eigenvalue weighted by atomic mass is 9.82. The summed E-state index contributed by atoms with van der Waals surface area (Å²) in [6, 6.07) is 1.30. The van der Waals surface area contributed by atoms with Crippen LogP contribution in [-0.2, 0) is 4.74 Å². The van der Waals surface area contributed by atoms with Crippen LogP contribution in [0.2, 0.25) is 0 Å². The van der Waals surface area contributed by atoms with Gasteiger partial charge in [-0.1, -0.05) is 0 Å². The predicted octanol–water partition coefficient (Wildman–Crippen LogP) is 2.03. The van der Waals surface area contributed by atoms with E-state index < -0.39 is 0 Å². The molecular formula is C13H23ClN2O2. The summed E-state index contributed by atoms with van der Waals surface area (Å²) >= 11 is 0. The minimum absolute atomic E-state index is 0. The standard InChI is InChI=1S/C13H22N2O2.ClH/c1-13(2,3)17-12(16)15-6-8-9(7-15)11-5-4-10(8)14-11;/h8-11,14H,4-7H2,1-3H3;1H/t8-,9+,10-,11+;. The molecule has 1 amide bonds. The van der Waals surface area contributed by atoms with Crippen LogP contribution in [0, 0.1) is 11.8 Å². The maximum Gasteiger partial charge on any atom is 0.410 e. The molecule has 1 N–H and O–H groups in total. The van der Waals surface area contributed by atoms with Crippen molar-refractivity contribution < 1.29 is 9.53 Å². The van der Waals surface area contributed by atoms with Crippen LogP contribution in [0.3, 0.4) is 0 Å². The molecule has 0 radical (unpaired) electrons. The van der Waals surface area contributed by atoms with E-state index in [9.17, 15) is 4.79 Å². The lowest BCUT2D eigenvalue weighted by molar-refractivity contribution is 0.0278. The van der Waals surface area contributed by atoms with Crippen LogP contribution in [-0.4, -0.2) is 41.8 Å². The van der Waals surface area contributed by atoms with Crippen LogP contribution in [0.25, 0.3) is 0 Å². The fraction of sp³-hybridized carbons (Fsp3) is 0.923. The Hall–Kier alpha value is -0.480. The molecule has 3 rings (SSSR count). The Morgan fingerprint density at radius 3 is 2.11 bits per heavy atom. The van der Waals surface area contributed by atoms with Gasteiger partial charge in [-0.3, -0.25) is 0 Å². The van der Waals surface area contributed by atoms with Gasteiger partial charge in [-0.25, -0.2) is 4.79 Å². The molecule has 0 aromatic rings. The molecule has 3 fully saturated rings. The number of nitrogens with zero attached hydrogens (tertiary/aromatic N) is 1. The second-order valence-electron chi connectivity index (χ2n) is 6.67. The summed E-state index contributed by atoms with van der Waals surface area (Å²) < 4.78 is 5.44. The van der Waals surface area contributed by atoms with E-state index in [2.05, 4.69) is 5.32 Å². The van der Waals surface area contributed by atoms with Gasteiger partial charge >= 0.3 is 6.09 Å². The summed E-state index contributed by atoms with van der Waals surface area (Å²) in [4.78, 5) is 13.9. The van der Waals surface area contributed by atoms with Gasteiger partial charge < -0.3 is 15.0 Å². The van der Waals surface area contributed by atoms with Crippen LogP contribution in [0.4, 0.5) is 4.79 Å². The third-order valence-electron chi connectivity index (χ3n) is 4.31. The second-order valence-corrected chi connectivity index (χ2v) is 6.67. The van der Waals surface area contributed by atoms with Crippen molar-refractivity contribution in [2.45, 2.75) is 51.3 Å². The number of rotatable bonds is 0. The Morgan fingerprint density at radius 1 is 1.17 bits per heavy atom. The molecule has 3 saturated heterocycles. The first-order valence-corrected chi connectivity index (χ1v) is 6.68. The molecule has 0 unspecified atom stereocenters. The first-order chi connectivity index (χ1) is 7.94. The van der Waals surface area contributed by atoms with Gasteiger partial charge in [-0.2, -0.15) is 0 Å². The molecule has 0 aromatic heterocycles. The Balaban J connectivity index is 0.00000120. The molecule has 5 heteroatoms. The minimum Gasteiger partial charge on any atom is -0.444 e. The molecule has 3 aliphatic rings. The second kappa shape index (κ2) is 4.57. The van der Waals surface area contributed by atoms with Gasteiger partial charge in [0.2, 0.25) is 0 Å². The zero-order valence-corrected chi connectivity index (χ0v) is 12.1. The van der Waals surface area contributed by atoms with Crippen molar-refractivity contribution >= 4 is 18.5 Å². The molecule has 4 atom stereocenters. The highest BCUT2D eigenvalue weighted by atomic mass is 35.5. The van der Waals surface area contributed by atoms with Crippen molar-refractivity contribution in [3.05, 3.63) is 0 Å². The molecule has 0 aromatic carbocycles. The number of carbonyl (C=O) groups excluding carboxylic acids is 1. The predicted molar refractivity (Wildman–Crippen MR) is 72.0 cm³/mol. The van der Waals surface area contributed by atoms with Gasteiger partial charge in [0, 0.05) is 25.2 Å². The van der Waals surface area contributed by atoms with Gasteiger partial charge in [-0.15, -0.1) is 12.4 Å².